The molecule has 23 heavy (non-hydrogen) atoms. The second-order valence-corrected chi connectivity index (χ2v) is 5.75. The average Bonchev–Trinajstić information content (AvgIpc) is 2.55. The van der Waals surface area contributed by atoms with Gasteiger partial charge in [0.2, 0.25) is 0 Å². The van der Waals surface area contributed by atoms with Gasteiger partial charge in [0.15, 0.2) is 5.65 Å². The van der Waals surface area contributed by atoms with Crippen molar-refractivity contribution in [1.29, 1.82) is 5.41 Å². The molecule has 0 bridgehead atoms. The zero-order chi connectivity index (χ0) is 16.0. The molecule has 1 N–H and O–H groups in total. The summed E-state index contributed by atoms with van der Waals surface area (Å²) in [5, 5.41) is 9.28. The predicted octanol–water partition coefficient (Wildman–Crippen LogP) is 3.65. The van der Waals surface area contributed by atoms with Crippen LogP contribution in [-0.4, -0.2) is 14.4 Å². The Kier molecular flexibility index (Phi) is 2.98. The highest BCUT2D eigenvalue weighted by molar-refractivity contribution is 5.82. The van der Waals surface area contributed by atoms with Crippen LogP contribution in [-0.2, 0) is 0 Å². The Labute approximate surface area is 133 Å². The molecule has 0 aliphatic rings. The number of aryl methyl sites for hydroxylation is 2. The van der Waals surface area contributed by atoms with Gasteiger partial charge < -0.3 is 0 Å². The lowest BCUT2D eigenvalue weighted by Gasteiger charge is -2.10. The lowest BCUT2D eigenvalue weighted by atomic mass is 10.0. The number of hydrogen-bond acceptors (Lipinski definition) is 3. The minimum absolute atomic E-state index is 0.412. The van der Waals surface area contributed by atoms with Crippen LogP contribution >= 0.6 is 0 Å². The van der Waals surface area contributed by atoms with Crippen molar-refractivity contribution in [2.24, 2.45) is 0 Å². The Morgan fingerprint density at radius 3 is 2.52 bits per heavy atom. The molecule has 4 nitrogen and oxygen atoms in total. The zero-order valence-corrected chi connectivity index (χ0v) is 13.0. The molecule has 112 valence electrons. The second-order valence-electron chi connectivity index (χ2n) is 5.75. The van der Waals surface area contributed by atoms with Crippen molar-refractivity contribution in [3.63, 3.8) is 0 Å². The summed E-state index contributed by atoms with van der Waals surface area (Å²) in [7, 11) is 0. The van der Waals surface area contributed by atoms with Gasteiger partial charge in [-0.05, 0) is 43.2 Å². The van der Waals surface area contributed by atoms with E-state index in [1.807, 2.05) is 56.4 Å². The normalized spacial score (nSPS) is 11.2. The maximum Gasteiger partial charge on any atom is 0.165 e. The summed E-state index contributed by atoms with van der Waals surface area (Å²) in [6.07, 6.45) is 1.89. The number of pyridine rings is 2. The van der Waals surface area contributed by atoms with E-state index in [-0.39, 0.29) is 0 Å². The molecular formula is C19H16N4. The first kappa shape index (κ1) is 13.6. The smallest absolute Gasteiger partial charge is 0.165 e. The van der Waals surface area contributed by atoms with E-state index < -0.39 is 0 Å². The van der Waals surface area contributed by atoms with E-state index in [1.54, 1.807) is 4.40 Å². The van der Waals surface area contributed by atoms with Crippen LogP contribution in [0.25, 0.3) is 27.8 Å². The Bertz CT molecular complexity index is 1100. The van der Waals surface area contributed by atoms with E-state index in [1.165, 1.54) is 0 Å². The topological polar surface area (TPSA) is 54.0 Å². The molecule has 0 fully saturated rings. The van der Waals surface area contributed by atoms with E-state index in [2.05, 4.69) is 22.1 Å². The van der Waals surface area contributed by atoms with Crippen LogP contribution in [0.1, 0.15) is 11.3 Å². The summed E-state index contributed by atoms with van der Waals surface area (Å²) in [5.74, 6) is 0. The molecule has 0 aliphatic heterocycles. The van der Waals surface area contributed by atoms with Gasteiger partial charge in [0, 0.05) is 17.5 Å². The largest absolute Gasteiger partial charge is 0.286 e. The van der Waals surface area contributed by atoms with Crippen LogP contribution < -0.4 is 5.49 Å². The molecule has 0 aliphatic carbocycles. The summed E-state index contributed by atoms with van der Waals surface area (Å²) in [5.41, 5.74) is 5.98. The van der Waals surface area contributed by atoms with Crippen LogP contribution in [0.4, 0.5) is 0 Å². The highest BCUT2D eigenvalue weighted by Gasteiger charge is 2.10. The lowest BCUT2D eigenvalue weighted by Crippen LogP contribution is -2.16. The van der Waals surface area contributed by atoms with E-state index in [0.29, 0.717) is 11.1 Å². The number of nitrogens with zero attached hydrogens (tertiary/aromatic N) is 3. The third-order valence-corrected chi connectivity index (χ3v) is 4.08. The average molecular weight is 300 g/mol. The molecular weight excluding hydrogens is 284 g/mol. The first-order valence-corrected chi connectivity index (χ1v) is 7.54. The van der Waals surface area contributed by atoms with Crippen molar-refractivity contribution >= 4 is 16.7 Å². The third kappa shape index (κ3) is 2.19. The predicted molar refractivity (Wildman–Crippen MR) is 91.3 cm³/mol. The Morgan fingerprint density at radius 2 is 1.74 bits per heavy atom. The number of aromatic nitrogens is 3. The molecule has 4 heteroatoms. The first-order chi connectivity index (χ1) is 11.1. The Hall–Kier alpha value is -3.01. The Balaban J connectivity index is 2.09. The molecule has 1 aromatic carbocycles. The van der Waals surface area contributed by atoms with Crippen molar-refractivity contribution in [2.75, 3.05) is 0 Å². The fourth-order valence-electron chi connectivity index (χ4n) is 2.87. The molecule has 4 rings (SSSR count). The van der Waals surface area contributed by atoms with Gasteiger partial charge in [-0.15, -0.1) is 0 Å². The van der Waals surface area contributed by atoms with Crippen molar-refractivity contribution in [3.05, 3.63) is 71.5 Å². The van der Waals surface area contributed by atoms with Gasteiger partial charge in [0.25, 0.3) is 0 Å². The summed E-state index contributed by atoms with van der Waals surface area (Å²) >= 11 is 0. The van der Waals surface area contributed by atoms with E-state index >= 15 is 0 Å². The maximum absolute atomic E-state index is 8.52. The van der Waals surface area contributed by atoms with Crippen LogP contribution in [0.15, 0.2) is 54.7 Å². The number of hydrogen-bond donors (Lipinski definition) is 1. The molecule has 0 unspecified atom stereocenters. The van der Waals surface area contributed by atoms with E-state index in [9.17, 15) is 0 Å². The van der Waals surface area contributed by atoms with Gasteiger partial charge >= 0.3 is 0 Å². The number of benzene rings is 1. The van der Waals surface area contributed by atoms with Gasteiger partial charge in [-0.2, -0.15) is 0 Å². The third-order valence-electron chi connectivity index (χ3n) is 4.08. The van der Waals surface area contributed by atoms with E-state index in [0.717, 1.165) is 33.4 Å². The first-order valence-electron chi connectivity index (χ1n) is 7.54. The maximum atomic E-state index is 8.52. The monoisotopic (exact) mass is 300 g/mol. The number of rotatable bonds is 1. The summed E-state index contributed by atoms with van der Waals surface area (Å²) in [6, 6.07) is 16.1. The minimum atomic E-state index is 0.412. The van der Waals surface area contributed by atoms with Gasteiger partial charge in [-0.1, -0.05) is 30.3 Å². The second kappa shape index (κ2) is 5.02. The molecule has 0 amide bonds. The quantitative estimate of drug-likeness (QED) is 0.546. The van der Waals surface area contributed by atoms with Gasteiger partial charge in [0.1, 0.15) is 11.1 Å². The zero-order valence-electron chi connectivity index (χ0n) is 13.0. The summed E-state index contributed by atoms with van der Waals surface area (Å²) in [4.78, 5) is 9.27. The number of fused-ring (bicyclic) bond motifs is 2. The van der Waals surface area contributed by atoms with E-state index in [4.69, 9.17) is 5.41 Å². The van der Waals surface area contributed by atoms with Crippen LogP contribution in [0.3, 0.4) is 0 Å². The molecule has 4 aromatic rings. The SMILES string of the molecule is Cc1ccn2c(=N)c3cc(-c4ccccc4)c(C)nc3nc2c1. The van der Waals surface area contributed by atoms with Gasteiger partial charge in [-0.3, -0.25) is 9.81 Å². The lowest BCUT2D eigenvalue weighted by molar-refractivity contribution is 0.989. The van der Waals surface area contributed by atoms with Crippen molar-refractivity contribution < 1.29 is 0 Å². The Morgan fingerprint density at radius 1 is 0.957 bits per heavy atom. The van der Waals surface area contributed by atoms with Crippen LogP contribution in [0.2, 0.25) is 0 Å². The van der Waals surface area contributed by atoms with Crippen molar-refractivity contribution in [1.82, 2.24) is 14.4 Å². The summed E-state index contributed by atoms with van der Waals surface area (Å²) in [6.45, 7) is 4.01. The highest BCUT2D eigenvalue weighted by Crippen LogP contribution is 2.24. The molecule has 0 radical (unpaired) electrons. The highest BCUT2D eigenvalue weighted by atomic mass is 15.0. The minimum Gasteiger partial charge on any atom is -0.286 e. The molecule has 3 heterocycles. The van der Waals surface area contributed by atoms with Gasteiger partial charge in [-0.25, -0.2) is 9.97 Å². The van der Waals surface area contributed by atoms with Gasteiger partial charge in [0.05, 0.1) is 5.39 Å². The van der Waals surface area contributed by atoms with Crippen molar-refractivity contribution in [3.8, 4) is 11.1 Å². The molecule has 0 saturated heterocycles. The number of nitrogens with one attached hydrogen (secondary N) is 1. The fourth-order valence-corrected chi connectivity index (χ4v) is 2.87. The van der Waals surface area contributed by atoms with Crippen molar-refractivity contribution in [2.45, 2.75) is 13.8 Å². The fraction of sp³-hybridized carbons (Fsp3) is 0.105. The summed E-state index contributed by atoms with van der Waals surface area (Å²) < 4.78 is 1.79. The standard InChI is InChI=1S/C19H16N4/c1-12-8-9-23-17(10-12)22-19-16(18(23)20)11-15(13(2)21-19)14-6-4-3-5-7-14/h3-11,20H,1-2H3. The molecule has 0 spiro atoms. The van der Waals surface area contributed by atoms with Crippen LogP contribution in [0.5, 0.6) is 0 Å². The molecule has 0 atom stereocenters. The van der Waals surface area contributed by atoms with Crippen LogP contribution in [0, 0.1) is 19.3 Å². The molecule has 3 aromatic heterocycles. The molecule has 0 saturated carbocycles.